The van der Waals surface area contributed by atoms with E-state index in [4.69, 9.17) is 19.2 Å². The van der Waals surface area contributed by atoms with Crippen molar-refractivity contribution < 1.29 is 76.1 Å². The number of rotatable bonds is 0. The second kappa shape index (κ2) is 9.63. The fourth-order valence-corrected chi connectivity index (χ4v) is 0. The Morgan fingerprint density at radius 2 is 1.38 bits per heavy atom. The zero-order chi connectivity index (χ0) is 4.50. The largest absolute Gasteiger partial charge is 1.00 e. The number of hydrogen-bond acceptors (Lipinski definition) is 3. The SMILES string of the molecule is O=P([O-])(O)O.[K+].[OH-].[Tl+]. The van der Waals surface area contributed by atoms with Crippen molar-refractivity contribution in [3.63, 3.8) is 0 Å². The molecule has 0 heterocycles. The van der Waals surface area contributed by atoms with Gasteiger partial charge >= 0.3 is 78.7 Å². The molecule has 0 atom stereocenters. The van der Waals surface area contributed by atoms with E-state index in [9.17, 15) is 0 Å². The van der Waals surface area contributed by atoms with Crippen LogP contribution in [0.5, 0.6) is 0 Å². The molecule has 3 N–H and O–H groups in total. The normalized spacial score (nSPS) is 7.38. The van der Waals surface area contributed by atoms with Gasteiger partial charge in [0.15, 0.2) is 0 Å². The van der Waals surface area contributed by atoms with Gasteiger partial charge in [-0.1, -0.05) is 0 Å². The Morgan fingerprint density at radius 3 is 1.38 bits per heavy atom. The second-order valence-corrected chi connectivity index (χ2v) is 1.47. The van der Waals surface area contributed by atoms with E-state index in [1.165, 1.54) is 0 Å². The Morgan fingerprint density at radius 1 is 1.38 bits per heavy atom. The monoisotopic (exact) mass is 358 g/mol. The van der Waals surface area contributed by atoms with Crippen molar-refractivity contribution in [3.05, 3.63) is 0 Å². The van der Waals surface area contributed by atoms with E-state index in [0.717, 1.165) is 0 Å². The van der Waals surface area contributed by atoms with Crippen LogP contribution in [0.3, 0.4) is 0 Å². The molecule has 0 unspecified atom stereocenters. The minimum Gasteiger partial charge on any atom is -0.870 e. The van der Waals surface area contributed by atoms with Crippen LogP contribution in [-0.4, -0.2) is 42.6 Å². The Balaban J connectivity index is -0.0000000267. The van der Waals surface area contributed by atoms with E-state index < -0.39 is 7.82 Å². The topological polar surface area (TPSA) is 111 Å². The van der Waals surface area contributed by atoms with Crippen molar-refractivity contribution in [2.45, 2.75) is 0 Å². The minimum atomic E-state index is -4.89. The summed E-state index contributed by atoms with van der Waals surface area (Å²) in [6.07, 6.45) is 0. The number of hydrogen-bond donors (Lipinski definition) is 2. The average Bonchev–Trinajstić information content (AvgIpc) is 0.722. The summed E-state index contributed by atoms with van der Waals surface area (Å²) >= 11 is 0. The second-order valence-electron chi connectivity index (χ2n) is 0.491. The van der Waals surface area contributed by atoms with Gasteiger partial charge in [-0.3, -0.25) is 4.57 Å². The Kier molecular flexibility index (Phi) is 27.0. The maximum Gasteiger partial charge on any atom is 1.00 e. The standard InChI is InChI=1S/K.H3O4P.H2O.Tl/c;1-5(2,3)4;;/h;(H3,1,2,3,4);1H2;/q+1;;;+1/p-2. The third kappa shape index (κ3) is 72.7. The molecule has 0 radical (unpaired) electrons. The van der Waals surface area contributed by atoms with Crippen LogP contribution >= 0.6 is 7.82 Å². The van der Waals surface area contributed by atoms with Crippen LogP contribution in [0.4, 0.5) is 0 Å². The fraction of sp³-hybridized carbons (Fsp3) is 0. The van der Waals surface area contributed by atoms with Gasteiger partial charge in [0.05, 0.1) is 0 Å². The zero-order valence-corrected chi connectivity index (χ0v) is 12.7. The van der Waals surface area contributed by atoms with E-state index in [1.54, 1.807) is 0 Å². The van der Waals surface area contributed by atoms with Crippen LogP contribution in [0, 0.1) is 0 Å². The average molecular weight is 357 g/mol. The smallest absolute Gasteiger partial charge is 0.870 e. The molecule has 0 spiro atoms. The molecule has 0 rings (SSSR count). The first-order valence-corrected chi connectivity index (χ1v) is 2.30. The van der Waals surface area contributed by atoms with E-state index in [1.807, 2.05) is 0 Å². The summed E-state index contributed by atoms with van der Waals surface area (Å²) in [6, 6.07) is 0. The molecule has 0 aliphatic carbocycles. The van der Waals surface area contributed by atoms with Gasteiger partial charge in [0.2, 0.25) is 0 Å². The summed E-state index contributed by atoms with van der Waals surface area (Å²) in [5.41, 5.74) is 0. The molecule has 0 fully saturated rings. The van der Waals surface area contributed by atoms with Gasteiger partial charge in [0.25, 0.3) is 7.82 Å². The zero-order valence-electron chi connectivity index (χ0n) is 4.18. The Hall–Kier alpha value is 2.63. The predicted octanol–water partition coefficient (Wildman–Crippen LogP) is -5.11. The van der Waals surface area contributed by atoms with Gasteiger partial charge in [-0.05, 0) is 0 Å². The van der Waals surface area contributed by atoms with E-state index in [0.29, 0.717) is 0 Å². The summed E-state index contributed by atoms with van der Waals surface area (Å²) in [6.45, 7) is 0. The molecule has 0 amide bonds. The van der Waals surface area contributed by atoms with Crippen molar-refractivity contribution in [1.29, 1.82) is 0 Å². The summed E-state index contributed by atoms with van der Waals surface area (Å²) in [5, 5.41) is 0. The molecule has 0 saturated heterocycles. The molecule has 8 heteroatoms. The van der Waals surface area contributed by atoms with E-state index in [2.05, 4.69) is 0 Å². The fourth-order valence-electron chi connectivity index (χ4n) is 0. The maximum absolute atomic E-state index is 8.77. The molecule has 0 bridgehead atoms. The third-order valence-corrected chi connectivity index (χ3v) is 0. The summed E-state index contributed by atoms with van der Waals surface area (Å²) in [5.74, 6) is 0. The van der Waals surface area contributed by atoms with Gasteiger partial charge in [-0.25, -0.2) is 0 Å². The summed E-state index contributed by atoms with van der Waals surface area (Å²) in [4.78, 5) is 22.9. The minimum absolute atomic E-state index is 0. The van der Waals surface area contributed by atoms with Crippen LogP contribution in [-0.2, 0) is 4.57 Å². The molecular formula is H3KO5PTl. The van der Waals surface area contributed by atoms with E-state index in [-0.39, 0.29) is 84.2 Å². The third-order valence-electron chi connectivity index (χ3n) is 0. The van der Waals surface area contributed by atoms with Crippen LogP contribution < -0.4 is 56.3 Å². The maximum atomic E-state index is 8.77. The van der Waals surface area contributed by atoms with E-state index >= 15 is 0 Å². The van der Waals surface area contributed by atoms with Crippen LogP contribution in [0.1, 0.15) is 0 Å². The first-order valence-electron chi connectivity index (χ1n) is 0.765. The van der Waals surface area contributed by atoms with Crippen LogP contribution in [0.2, 0.25) is 0 Å². The number of phosphoric acid groups is 1. The molecule has 0 aromatic carbocycles. The van der Waals surface area contributed by atoms with Gasteiger partial charge in [0, 0.05) is 0 Å². The molecule has 42 valence electrons. The predicted molar refractivity (Wildman–Crippen MR) is 19.7 cm³/mol. The summed E-state index contributed by atoms with van der Waals surface area (Å²) in [7, 11) is -4.89. The molecule has 5 nitrogen and oxygen atoms in total. The van der Waals surface area contributed by atoms with Crippen molar-refractivity contribution in [3.8, 4) is 0 Å². The van der Waals surface area contributed by atoms with Gasteiger partial charge in [-0.15, -0.1) is 0 Å². The van der Waals surface area contributed by atoms with Crippen molar-refractivity contribution in [2.75, 3.05) is 0 Å². The van der Waals surface area contributed by atoms with Crippen molar-refractivity contribution in [1.82, 2.24) is 0 Å². The first-order chi connectivity index (χ1) is 2.00. The van der Waals surface area contributed by atoms with Gasteiger partial charge in [0.1, 0.15) is 0 Å². The molecule has 0 aliphatic rings. The summed E-state index contributed by atoms with van der Waals surface area (Å²) < 4.78 is 8.77. The van der Waals surface area contributed by atoms with Gasteiger partial charge in [-0.2, -0.15) is 0 Å². The molecule has 8 heavy (non-hydrogen) atoms. The van der Waals surface area contributed by atoms with Gasteiger partial charge < -0.3 is 20.2 Å². The quantitative estimate of drug-likeness (QED) is 0.333. The molecule has 0 aliphatic heterocycles. The van der Waals surface area contributed by atoms with Crippen LogP contribution in [0.25, 0.3) is 0 Å². The van der Waals surface area contributed by atoms with Crippen LogP contribution in [0.15, 0.2) is 0 Å². The molecular weight excluding hydrogens is 354 g/mol. The molecule has 0 aromatic rings. The molecule has 0 saturated carbocycles. The van der Waals surface area contributed by atoms with Crippen molar-refractivity contribution in [2.24, 2.45) is 0 Å². The first kappa shape index (κ1) is 22.4. The Labute approximate surface area is 109 Å². The Bertz CT molecular complexity index is 58.6. The van der Waals surface area contributed by atoms with Crippen molar-refractivity contribution >= 4 is 35.1 Å². The molecule has 0 aromatic heterocycles.